The van der Waals surface area contributed by atoms with Gasteiger partial charge in [-0.1, -0.05) is 60.7 Å². The third kappa shape index (κ3) is 3.36. The van der Waals surface area contributed by atoms with E-state index in [4.69, 9.17) is 4.74 Å². The normalized spacial score (nSPS) is 19.0. The van der Waals surface area contributed by atoms with Gasteiger partial charge in [0.05, 0.1) is 0 Å². The minimum Gasteiger partial charge on any atom is -0.460 e. The Kier molecular flexibility index (Phi) is 5.00. The zero-order valence-electron chi connectivity index (χ0n) is 14.4. The average Bonchev–Trinajstić information content (AvgIpc) is 2.62. The van der Waals surface area contributed by atoms with Crippen molar-refractivity contribution in [2.45, 2.75) is 31.3 Å². The number of nitrogens with zero attached hydrogens (tertiary/aromatic N) is 1. The van der Waals surface area contributed by atoms with E-state index in [1.165, 1.54) is 0 Å². The summed E-state index contributed by atoms with van der Waals surface area (Å²) in [4.78, 5) is 15.4. The first-order chi connectivity index (χ1) is 11.6. The minimum absolute atomic E-state index is 0.0250. The molecule has 3 nitrogen and oxygen atoms in total. The molecule has 2 aromatic rings. The SMILES string of the molecule is CN1CCC[C@@H](OC(=O)C(C)(c2ccccc2)c2ccccc2)C1. The number of carbonyl (C=O) groups excluding carboxylic acids is 1. The molecule has 0 spiro atoms. The molecule has 1 fully saturated rings. The molecule has 0 amide bonds. The summed E-state index contributed by atoms with van der Waals surface area (Å²) in [5.41, 5.74) is 1.13. The number of carbonyl (C=O) groups is 1. The van der Waals surface area contributed by atoms with Gasteiger partial charge >= 0.3 is 5.97 Å². The maximum Gasteiger partial charge on any atom is 0.321 e. The van der Waals surface area contributed by atoms with E-state index in [0.29, 0.717) is 0 Å². The molecule has 3 rings (SSSR count). The summed E-state index contributed by atoms with van der Waals surface area (Å²) in [7, 11) is 2.08. The summed E-state index contributed by atoms with van der Waals surface area (Å²) in [5, 5.41) is 0. The van der Waals surface area contributed by atoms with Crippen LogP contribution in [0.5, 0.6) is 0 Å². The van der Waals surface area contributed by atoms with Crippen LogP contribution in [0.3, 0.4) is 0 Å². The van der Waals surface area contributed by atoms with Crippen molar-refractivity contribution in [2.75, 3.05) is 20.1 Å². The molecule has 1 aliphatic rings. The number of likely N-dealkylation sites (N-methyl/N-ethyl adjacent to an activating group) is 1. The molecular weight excluding hydrogens is 298 g/mol. The van der Waals surface area contributed by atoms with Gasteiger partial charge in [0, 0.05) is 6.54 Å². The summed E-state index contributed by atoms with van der Waals surface area (Å²) in [6.45, 7) is 3.85. The molecule has 0 saturated carbocycles. The molecule has 0 radical (unpaired) electrons. The molecule has 3 heteroatoms. The largest absolute Gasteiger partial charge is 0.460 e. The van der Waals surface area contributed by atoms with Gasteiger partial charge in [-0.25, -0.2) is 0 Å². The fourth-order valence-electron chi connectivity index (χ4n) is 3.43. The number of esters is 1. The van der Waals surface area contributed by atoms with Crippen molar-refractivity contribution < 1.29 is 9.53 Å². The van der Waals surface area contributed by atoms with Crippen LogP contribution in [0.15, 0.2) is 60.7 Å². The van der Waals surface area contributed by atoms with Gasteiger partial charge in [0.15, 0.2) is 0 Å². The average molecular weight is 323 g/mol. The topological polar surface area (TPSA) is 29.5 Å². The number of hydrogen-bond donors (Lipinski definition) is 0. The molecule has 0 bridgehead atoms. The van der Waals surface area contributed by atoms with E-state index in [2.05, 4.69) is 11.9 Å². The van der Waals surface area contributed by atoms with E-state index < -0.39 is 5.41 Å². The van der Waals surface area contributed by atoms with Crippen molar-refractivity contribution in [1.29, 1.82) is 0 Å². The maximum atomic E-state index is 13.2. The second-order valence-corrected chi connectivity index (χ2v) is 6.79. The molecule has 0 N–H and O–H groups in total. The maximum absolute atomic E-state index is 13.2. The highest BCUT2D eigenvalue weighted by molar-refractivity contribution is 5.87. The molecule has 2 aromatic carbocycles. The van der Waals surface area contributed by atoms with Crippen molar-refractivity contribution in [1.82, 2.24) is 4.90 Å². The van der Waals surface area contributed by atoms with Crippen molar-refractivity contribution in [3.05, 3.63) is 71.8 Å². The molecular formula is C21H25NO2. The third-order valence-corrected chi connectivity index (χ3v) is 4.97. The van der Waals surface area contributed by atoms with E-state index in [0.717, 1.165) is 37.1 Å². The predicted molar refractivity (Wildman–Crippen MR) is 95.9 cm³/mol. The molecule has 24 heavy (non-hydrogen) atoms. The van der Waals surface area contributed by atoms with Gasteiger partial charge in [0.1, 0.15) is 11.5 Å². The van der Waals surface area contributed by atoms with Crippen LogP contribution in [0.25, 0.3) is 0 Å². The summed E-state index contributed by atoms with van der Waals surface area (Å²) in [5.74, 6) is -0.166. The van der Waals surface area contributed by atoms with Gasteiger partial charge in [-0.05, 0) is 44.5 Å². The van der Waals surface area contributed by atoms with Crippen LogP contribution in [0.1, 0.15) is 30.9 Å². The molecule has 1 atom stereocenters. The van der Waals surface area contributed by atoms with Crippen LogP contribution >= 0.6 is 0 Å². The van der Waals surface area contributed by atoms with Crippen molar-refractivity contribution >= 4 is 5.97 Å². The highest BCUT2D eigenvalue weighted by Gasteiger charge is 2.40. The summed E-state index contributed by atoms with van der Waals surface area (Å²) in [6.07, 6.45) is 1.99. The Morgan fingerprint density at radius 3 is 2.08 bits per heavy atom. The van der Waals surface area contributed by atoms with Crippen LogP contribution in [0, 0.1) is 0 Å². The summed E-state index contributed by atoms with van der Waals surface area (Å²) < 4.78 is 5.96. The van der Waals surface area contributed by atoms with Gasteiger partial charge in [0.25, 0.3) is 0 Å². The zero-order valence-corrected chi connectivity index (χ0v) is 14.4. The highest BCUT2D eigenvalue weighted by Crippen LogP contribution is 2.34. The quantitative estimate of drug-likeness (QED) is 0.805. The third-order valence-electron chi connectivity index (χ3n) is 4.97. The lowest BCUT2D eigenvalue weighted by Gasteiger charge is -2.34. The Morgan fingerprint density at radius 1 is 1.04 bits per heavy atom. The molecule has 0 unspecified atom stereocenters. The monoisotopic (exact) mass is 323 g/mol. The van der Waals surface area contributed by atoms with Crippen molar-refractivity contribution in [3.63, 3.8) is 0 Å². The Labute approximate surface area is 144 Å². The van der Waals surface area contributed by atoms with E-state index in [1.54, 1.807) is 0 Å². The lowest BCUT2D eigenvalue weighted by atomic mass is 9.76. The Hall–Kier alpha value is -2.13. The smallest absolute Gasteiger partial charge is 0.321 e. The molecule has 126 valence electrons. The molecule has 0 aromatic heterocycles. The summed E-state index contributed by atoms with van der Waals surface area (Å²) in [6, 6.07) is 19.8. The number of benzene rings is 2. The number of hydrogen-bond acceptors (Lipinski definition) is 3. The lowest BCUT2D eigenvalue weighted by molar-refractivity contribution is -0.156. The van der Waals surface area contributed by atoms with Gasteiger partial charge in [-0.15, -0.1) is 0 Å². The number of ether oxygens (including phenoxy) is 1. The van der Waals surface area contributed by atoms with E-state index >= 15 is 0 Å². The predicted octanol–water partition coefficient (Wildman–Crippen LogP) is 3.63. The van der Waals surface area contributed by atoms with Crippen molar-refractivity contribution in [3.8, 4) is 0 Å². The minimum atomic E-state index is -0.793. The summed E-state index contributed by atoms with van der Waals surface area (Å²) >= 11 is 0. The number of rotatable bonds is 4. The zero-order chi connectivity index (χ0) is 17.0. The first-order valence-corrected chi connectivity index (χ1v) is 8.61. The van der Waals surface area contributed by atoms with Crippen LogP contribution < -0.4 is 0 Å². The second-order valence-electron chi connectivity index (χ2n) is 6.79. The molecule has 1 heterocycles. The van der Waals surface area contributed by atoms with E-state index in [1.807, 2.05) is 67.6 Å². The van der Waals surface area contributed by atoms with E-state index in [9.17, 15) is 4.79 Å². The molecule has 1 aliphatic heterocycles. The van der Waals surface area contributed by atoms with Crippen LogP contribution in [0.4, 0.5) is 0 Å². The second kappa shape index (κ2) is 7.18. The fourth-order valence-corrected chi connectivity index (χ4v) is 3.43. The highest BCUT2D eigenvalue weighted by atomic mass is 16.5. The lowest BCUT2D eigenvalue weighted by Crippen LogP contribution is -2.43. The van der Waals surface area contributed by atoms with Crippen LogP contribution in [0.2, 0.25) is 0 Å². The van der Waals surface area contributed by atoms with Crippen LogP contribution in [-0.4, -0.2) is 37.1 Å². The van der Waals surface area contributed by atoms with E-state index in [-0.39, 0.29) is 12.1 Å². The van der Waals surface area contributed by atoms with Gasteiger partial charge in [0.2, 0.25) is 0 Å². The Morgan fingerprint density at radius 2 is 1.58 bits per heavy atom. The van der Waals surface area contributed by atoms with Crippen molar-refractivity contribution in [2.24, 2.45) is 0 Å². The van der Waals surface area contributed by atoms with Gasteiger partial charge in [-0.2, -0.15) is 0 Å². The van der Waals surface area contributed by atoms with Crippen LogP contribution in [-0.2, 0) is 14.9 Å². The van der Waals surface area contributed by atoms with Gasteiger partial charge < -0.3 is 9.64 Å². The first-order valence-electron chi connectivity index (χ1n) is 8.61. The fraction of sp³-hybridized carbons (Fsp3) is 0.381. The standard InChI is InChI=1S/C21H25NO2/c1-21(17-10-5-3-6-11-17,18-12-7-4-8-13-18)20(23)24-19-14-9-15-22(2)16-19/h3-8,10-13,19H,9,14-16H2,1-2H3/t19-/m1/s1. The Balaban J connectivity index is 1.91. The number of piperidine rings is 1. The first kappa shape index (κ1) is 16.7. The molecule has 0 aliphatic carbocycles. The van der Waals surface area contributed by atoms with Gasteiger partial charge in [-0.3, -0.25) is 4.79 Å². The molecule has 1 saturated heterocycles. The number of likely N-dealkylation sites (tertiary alicyclic amines) is 1. The Bertz CT molecular complexity index is 629.